The van der Waals surface area contributed by atoms with E-state index in [1.165, 1.54) is 12.4 Å². The molecule has 0 aliphatic carbocycles. The Labute approximate surface area is 125 Å². The van der Waals surface area contributed by atoms with E-state index >= 15 is 0 Å². The lowest BCUT2D eigenvalue weighted by Gasteiger charge is -2.34. The van der Waals surface area contributed by atoms with Gasteiger partial charge in [0.1, 0.15) is 5.69 Å². The monoisotopic (exact) mass is 306 g/mol. The van der Waals surface area contributed by atoms with Crippen LogP contribution in [0.1, 0.15) is 30.3 Å². The molecule has 1 aromatic heterocycles. The van der Waals surface area contributed by atoms with E-state index in [1.54, 1.807) is 6.20 Å². The van der Waals surface area contributed by atoms with E-state index in [0.29, 0.717) is 12.2 Å². The number of hydrogen-bond donors (Lipinski definition) is 2. The summed E-state index contributed by atoms with van der Waals surface area (Å²) in [5, 5.41) is 6.29. The molecular weight excluding hydrogens is 287 g/mol. The zero-order valence-electron chi connectivity index (χ0n) is 10.9. The van der Waals surface area contributed by atoms with Gasteiger partial charge in [0.2, 0.25) is 0 Å². The van der Waals surface area contributed by atoms with Crippen LogP contribution in [-0.4, -0.2) is 35.5 Å². The molecule has 108 valence electrons. The molecule has 0 saturated carbocycles. The number of piperidine rings is 1. The zero-order valence-corrected chi connectivity index (χ0v) is 12.5. The second kappa shape index (κ2) is 8.30. The maximum absolute atomic E-state index is 11.8. The van der Waals surface area contributed by atoms with Gasteiger partial charge in [0, 0.05) is 25.5 Å². The van der Waals surface area contributed by atoms with E-state index < -0.39 is 0 Å². The minimum absolute atomic E-state index is 0. The van der Waals surface area contributed by atoms with Crippen LogP contribution >= 0.6 is 24.8 Å². The van der Waals surface area contributed by atoms with E-state index in [-0.39, 0.29) is 36.1 Å². The van der Waals surface area contributed by atoms with Gasteiger partial charge in [-0.2, -0.15) is 0 Å². The molecule has 1 amide bonds. The molecule has 2 heterocycles. The molecular formula is C12H20Cl2N4O. The highest BCUT2D eigenvalue weighted by Gasteiger charge is 2.27. The van der Waals surface area contributed by atoms with Crippen LogP contribution in [0.25, 0.3) is 0 Å². The Bertz CT molecular complexity index is 383. The second-order valence-corrected chi connectivity index (χ2v) is 4.86. The highest BCUT2D eigenvalue weighted by atomic mass is 35.5. The van der Waals surface area contributed by atoms with Gasteiger partial charge in [0.15, 0.2) is 0 Å². The molecule has 7 heteroatoms. The van der Waals surface area contributed by atoms with Crippen LogP contribution in [0.5, 0.6) is 0 Å². The third-order valence-electron chi connectivity index (χ3n) is 3.16. The third kappa shape index (κ3) is 5.30. The smallest absolute Gasteiger partial charge is 0.271 e. The van der Waals surface area contributed by atoms with Gasteiger partial charge in [-0.15, -0.1) is 24.8 Å². The Kier molecular flexibility index (Phi) is 7.90. The molecule has 19 heavy (non-hydrogen) atoms. The molecule has 0 bridgehead atoms. The summed E-state index contributed by atoms with van der Waals surface area (Å²) in [6.45, 7) is 4.90. The van der Waals surface area contributed by atoms with Crippen LogP contribution < -0.4 is 10.6 Å². The fourth-order valence-corrected chi connectivity index (χ4v) is 2.07. The Hall–Kier alpha value is -0.910. The van der Waals surface area contributed by atoms with Gasteiger partial charge in [-0.3, -0.25) is 9.78 Å². The summed E-state index contributed by atoms with van der Waals surface area (Å²) < 4.78 is 0. The van der Waals surface area contributed by atoms with Crippen molar-refractivity contribution in [3.8, 4) is 0 Å². The third-order valence-corrected chi connectivity index (χ3v) is 3.16. The lowest BCUT2D eigenvalue weighted by atomic mass is 9.83. The van der Waals surface area contributed by atoms with Crippen LogP contribution in [0.15, 0.2) is 18.6 Å². The number of carbonyl (C=O) groups is 1. The molecule has 1 saturated heterocycles. The number of halogens is 2. The van der Waals surface area contributed by atoms with Crippen LogP contribution in [0.3, 0.4) is 0 Å². The van der Waals surface area contributed by atoms with Crippen molar-refractivity contribution >= 4 is 30.7 Å². The Morgan fingerprint density at radius 1 is 1.47 bits per heavy atom. The average Bonchev–Trinajstić information content (AvgIpc) is 2.38. The predicted octanol–water partition coefficient (Wildman–Crippen LogP) is 1.44. The molecule has 0 spiro atoms. The summed E-state index contributed by atoms with van der Waals surface area (Å²) in [4.78, 5) is 19.7. The standard InChI is InChI=1S/C12H18N4O.2ClH/c1-12(3-2-4-14-8-12)9-16-11(17)10-7-13-5-6-15-10;;/h5-7,14H,2-4,8-9H2,1H3,(H,16,17);2*1H. The van der Waals surface area contributed by atoms with Gasteiger partial charge in [0.25, 0.3) is 5.91 Å². The van der Waals surface area contributed by atoms with Crippen molar-refractivity contribution in [3.63, 3.8) is 0 Å². The molecule has 2 N–H and O–H groups in total. The maximum Gasteiger partial charge on any atom is 0.271 e. The van der Waals surface area contributed by atoms with Crippen LogP contribution in [0.4, 0.5) is 0 Å². The van der Waals surface area contributed by atoms with E-state index in [1.807, 2.05) is 0 Å². The van der Waals surface area contributed by atoms with Crippen LogP contribution in [-0.2, 0) is 0 Å². The summed E-state index contributed by atoms with van der Waals surface area (Å²) in [7, 11) is 0. The molecule has 0 aromatic carbocycles. The fraction of sp³-hybridized carbons (Fsp3) is 0.583. The van der Waals surface area contributed by atoms with Crippen molar-refractivity contribution < 1.29 is 4.79 Å². The number of rotatable bonds is 3. The van der Waals surface area contributed by atoms with Crippen molar-refractivity contribution in [2.75, 3.05) is 19.6 Å². The first-order valence-corrected chi connectivity index (χ1v) is 5.95. The second-order valence-electron chi connectivity index (χ2n) is 4.86. The SMILES string of the molecule is CC1(CNC(=O)c2cnccn2)CCCNC1.Cl.Cl. The summed E-state index contributed by atoms with van der Waals surface area (Å²) in [5.74, 6) is -0.148. The average molecular weight is 307 g/mol. The minimum atomic E-state index is -0.148. The van der Waals surface area contributed by atoms with Crippen LogP contribution in [0.2, 0.25) is 0 Å². The van der Waals surface area contributed by atoms with Crippen molar-refractivity contribution in [1.29, 1.82) is 0 Å². The van der Waals surface area contributed by atoms with Crippen molar-refractivity contribution in [3.05, 3.63) is 24.3 Å². The molecule has 1 unspecified atom stereocenters. The van der Waals surface area contributed by atoms with Gasteiger partial charge in [-0.1, -0.05) is 6.92 Å². The van der Waals surface area contributed by atoms with Crippen molar-refractivity contribution in [2.45, 2.75) is 19.8 Å². The molecule has 1 atom stereocenters. The first kappa shape index (κ1) is 18.1. The molecule has 1 aliphatic heterocycles. The molecule has 5 nitrogen and oxygen atoms in total. The first-order chi connectivity index (χ1) is 8.20. The van der Waals surface area contributed by atoms with E-state index in [4.69, 9.17) is 0 Å². The maximum atomic E-state index is 11.8. The molecule has 1 fully saturated rings. The number of nitrogens with zero attached hydrogens (tertiary/aromatic N) is 2. The van der Waals surface area contributed by atoms with Gasteiger partial charge in [-0.05, 0) is 24.8 Å². The first-order valence-electron chi connectivity index (χ1n) is 5.95. The number of amides is 1. The Balaban J connectivity index is 0.00000162. The van der Waals surface area contributed by atoms with Gasteiger partial charge in [-0.25, -0.2) is 4.98 Å². The minimum Gasteiger partial charge on any atom is -0.350 e. The number of aromatic nitrogens is 2. The predicted molar refractivity (Wildman–Crippen MR) is 79.1 cm³/mol. The zero-order chi connectivity index (χ0) is 12.1. The van der Waals surface area contributed by atoms with Crippen molar-refractivity contribution in [2.24, 2.45) is 5.41 Å². The lowest BCUT2D eigenvalue weighted by Crippen LogP contribution is -2.45. The Morgan fingerprint density at radius 2 is 2.26 bits per heavy atom. The summed E-state index contributed by atoms with van der Waals surface area (Å²) >= 11 is 0. The summed E-state index contributed by atoms with van der Waals surface area (Å²) in [6, 6.07) is 0. The van der Waals surface area contributed by atoms with Gasteiger partial charge >= 0.3 is 0 Å². The molecule has 1 aromatic rings. The summed E-state index contributed by atoms with van der Waals surface area (Å²) in [5.41, 5.74) is 0.524. The van der Waals surface area contributed by atoms with E-state index in [9.17, 15) is 4.79 Å². The van der Waals surface area contributed by atoms with E-state index in [0.717, 1.165) is 25.9 Å². The highest BCUT2D eigenvalue weighted by molar-refractivity contribution is 5.91. The number of nitrogens with one attached hydrogen (secondary N) is 2. The van der Waals surface area contributed by atoms with E-state index in [2.05, 4.69) is 27.5 Å². The van der Waals surface area contributed by atoms with Gasteiger partial charge < -0.3 is 10.6 Å². The number of carbonyl (C=O) groups excluding carboxylic acids is 1. The topological polar surface area (TPSA) is 66.9 Å². The largest absolute Gasteiger partial charge is 0.350 e. The lowest BCUT2D eigenvalue weighted by molar-refractivity contribution is 0.0919. The normalized spacial score (nSPS) is 21.7. The van der Waals surface area contributed by atoms with Crippen LogP contribution in [0, 0.1) is 5.41 Å². The number of hydrogen-bond acceptors (Lipinski definition) is 4. The van der Waals surface area contributed by atoms with Crippen molar-refractivity contribution in [1.82, 2.24) is 20.6 Å². The molecule has 1 aliphatic rings. The fourth-order valence-electron chi connectivity index (χ4n) is 2.07. The summed E-state index contributed by atoms with van der Waals surface area (Å²) in [6.07, 6.45) is 6.87. The molecule has 0 radical (unpaired) electrons. The quantitative estimate of drug-likeness (QED) is 0.887. The molecule has 2 rings (SSSR count). The van der Waals surface area contributed by atoms with Gasteiger partial charge in [0.05, 0.1) is 6.20 Å². The Morgan fingerprint density at radius 3 is 2.84 bits per heavy atom. The highest BCUT2D eigenvalue weighted by Crippen LogP contribution is 2.24.